The first-order chi connectivity index (χ1) is 13.1. The quantitative estimate of drug-likeness (QED) is 0.702. The second-order valence-electron chi connectivity index (χ2n) is 5.72. The first-order valence-corrected chi connectivity index (χ1v) is 8.50. The third-order valence-electron chi connectivity index (χ3n) is 3.93. The Morgan fingerprint density at radius 2 is 1.70 bits per heavy atom. The molecule has 3 aromatic rings. The van der Waals surface area contributed by atoms with Gasteiger partial charge in [-0.1, -0.05) is 30.3 Å². The molecule has 0 spiro atoms. The summed E-state index contributed by atoms with van der Waals surface area (Å²) in [5.74, 6) is -0.325. The topological polar surface area (TPSA) is 85.2 Å². The molecule has 2 aromatic carbocycles. The molecule has 3 rings (SSSR count). The van der Waals surface area contributed by atoms with Gasteiger partial charge in [0.25, 0.3) is 11.8 Å². The molecule has 27 heavy (non-hydrogen) atoms. The number of hydrogen-bond donors (Lipinski definition) is 2. The first-order valence-electron chi connectivity index (χ1n) is 8.50. The first kappa shape index (κ1) is 18.2. The summed E-state index contributed by atoms with van der Waals surface area (Å²) >= 11 is 0. The molecular weight excluding hydrogens is 344 g/mol. The van der Waals surface area contributed by atoms with E-state index in [1.807, 2.05) is 25.1 Å². The van der Waals surface area contributed by atoms with Crippen LogP contribution >= 0.6 is 0 Å². The van der Waals surface area contributed by atoms with Crippen LogP contribution in [0, 0.1) is 0 Å². The lowest BCUT2D eigenvalue weighted by molar-refractivity contribution is 0.102. The Morgan fingerprint density at radius 3 is 2.41 bits per heavy atom. The standard InChI is InChI=1S/C20H20N4O3/c1-3-24-13-16(22-19(25)15-11-7-8-12-17(15)27-2)18(23-24)20(26)21-14-9-5-4-6-10-14/h4-13H,3H2,1-2H3,(H,21,26)(H,22,25). The number of carbonyl (C=O) groups excluding carboxylic acids is 2. The van der Waals surface area contributed by atoms with Crippen molar-refractivity contribution >= 4 is 23.2 Å². The van der Waals surface area contributed by atoms with Crippen molar-refractivity contribution in [2.24, 2.45) is 0 Å². The smallest absolute Gasteiger partial charge is 0.278 e. The number of ether oxygens (including phenoxy) is 1. The second-order valence-corrected chi connectivity index (χ2v) is 5.72. The van der Waals surface area contributed by atoms with Gasteiger partial charge in [-0.3, -0.25) is 14.3 Å². The highest BCUT2D eigenvalue weighted by Gasteiger charge is 2.20. The molecule has 0 aliphatic rings. The Morgan fingerprint density at radius 1 is 1.00 bits per heavy atom. The van der Waals surface area contributed by atoms with Gasteiger partial charge in [0.1, 0.15) is 5.75 Å². The van der Waals surface area contributed by atoms with E-state index < -0.39 is 5.91 Å². The number of rotatable bonds is 6. The van der Waals surface area contributed by atoms with Crippen molar-refractivity contribution in [1.82, 2.24) is 9.78 Å². The van der Waals surface area contributed by atoms with E-state index in [2.05, 4.69) is 15.7 Å². The van der Waals surface area contributed by atoms with E-state index in [0.29, 0.717) is 29.2 Å². The third kappa shape index (κ3) is 4.14. The average molecular weight is 364 g/mol. The van der Waals surface area contributed by atoms with Gasteiger partial charge >= 0.3 is 0 Å². The lowest BCUT2D eigenvalue weighted by atomic mass is 10.2. The van der Waals surface area contributed by atoms with Crippen LogP contribution in [0.25, 0.3) is 0 Å². The maximum atomic E-state index is 12.7. The molecule has 0 bridgehead atoms. The Kier molecular flexibility index (Phi) is 5.51. The fraction of sp³-hybridized carbons (Fsp3) is 0.150. The SMILES string of the molecule is CCn1cc(NC(=O)c2ccccc2OC)c(C(=O)Nc2ccccc2)n1. The number of aromatic nitrogens is 2. The Labute approximate surface area is 157 Å². The fourth-order valence-corrected chi connectivity index (χ4v) is 2.58. The molecule has 1 heterocycles. The van der Waals surface area contributed by atoms with Crippen molar-refractivity contribution in [2.75, 3.05) is 17.7 Å². The van der Waals surface area contributed by atoms with E-state index in [9.17, 15) is 9.59 Å². The van der Waals surface area contributed by atoms with Gasteiger partial charge in [0.2, 0.25) is 0 Å². The fourth-order valence-electron chi connectivity index (χ4n) is 2.58. The van der Waals surface area contributed by atoms with Gasteiger partial charge in [-0.2, -0.15) is 5.10 Å². The molecule has 0 radical (unpaired) electrons. The van der Waals surface area contributed by atoms with Gasteiger partial charge in [0.15, 0.2) is 5.69 Å². The Hall–Kier alpha value is -3.61. The van der Waals surface area contributed by atoms with Crippen molar-refractivity contribution < 1.29 is 14.3 Å². The molecule has 2 amide bonds. The molecule has 0 saturated heterocycles. The summed E-state index contributed by atoms with van der Waals surface area (Å²) in [6, 6.07) is 16.0. The molecule has 138 valence electrons. The highest BCUT2D eigenvalue weighted by atomic mass is 16.5. The number of benzene rings is 2. The number of carbonyl (C=O) groups is 2. The van der Waals surface area contributed by atoms with Crippen molar-refractivity contribution in [3.05, 3.63) is 72.1 Å². The third-order valence-corrected chi connectivity index (χ3v) is 3.93. The molecule has 1 aromatic heterocycles. The predicted molar refractivity (Wildman–Crippen MR) is 103 cm³/mol. The summed E-state index contributed by atoms with van der Waals surface area (Å²) < 4.78 is 6.82. The highest BCUT2D eigenvalue weighted by Crippen LogP contribution is 2.21. The monoisotopic (exact) mass is 364 g/mol. The summed E-state index contributed by atoms with van der Waals surface area (Å²) in [4.78, 5) is 25.3. The number of methoxy groups -OCH3 is 1. The van der Waals surface area contributed by atoms with Crippen LogP contribution in [-0.2, 0) is 6.54 Å². The minimum atomic E-state index is -0.399. The summed E-state index contributed by atoms with van der Waals surface area (Å²) in [7, 11) is 1.50. The van der Waals surface area contributed by atoms with Gasteiger partial charge in [0.05, 0.1) is 18.4 Å². The number of para-hydroxylation sites is 2. The van der Waals surface area contributed by atoms with Gasteiger partial charge in [-0.25, -0.2) is 0 Å². The van der Waals surface area contributed by atoms with Crippen LogP contribution in [0.5, 0.6) is 5.75 Å². The largest absolute Gasteiger partial charge is 0.496 e. The maximum Gasteiger partial charge on any atom is 0.278 e. The van der Waals surface area contributed by atoms with Crippen molar-refractivity contribution in [3.63, 3.8) is 0 Å². The molecule has 0 saturated carbocycles. The zero-order valence-electron chi connectivity index (χ0n) is 15.1. The molecule has 0 atom stereocenters. The molecule has 0 unspecified atom stereocenters. The lowest BCUT2D eigenvalue weighted by Gasteiger charge is -2.09. The average Bonchev–Trinajstić information content (AvgIpc) is 3.11. The van der Waals surface area contributed by atoms with Gasteiger partial charge in [-0.05, 0) is 31.2 Å². The van der Waals surface area contributed by atoms with E-state index in [4.69, 9.17) is 4.74 Å². The van der Waals surface area contributed by atoms with E-state index in [0.717, 1.165) is 0 Å². The van der Waals surface area contributed by atoms with E-state index in [1.165, 1.54) is 7.11 Å². The van der Waals surface area contributed by atoms with Gasteiger partial charge < -0.3 is 15.4 Å². The molecular formula is C20H20N4O3. The number of nitrogens with one attached hydrogen (secondary N) is 2. The highest BCUT2D eigenvalue weighted by molar-refractivity contribution is 6.12. The zero-order valence-corrected chi connectivity index (χ0v) is 15.1. The maximum absolute atomic E-state index is 12.7. The zero-order chi connectivity index (χ0) is 19.2. The molecule has 7 heteroatoms. The van der Waals surface area contributed by atoms with Crippen molar-refractivity contribution in [3.8, 4) is 5.75 Å². The van der Waals surface area contributed by atoms with E-state index >= 15 is 0 Å². The lowest BCUT2D eigenvalue weighted by Crippen LogP contribution is -2.18. The van der Waals surface area contributed by atoms with Crippen LogP contribution in [0.4, 0.5) is 11.4 Å². The molecule has 0 fully saturated rings. The van der Waals surface area contributed by atoms with Crippen LogP contribution in [0.15, 0.2) is 60.8 Å². The second kappa shape index (κ2) is 8.18. The predicted octanol–water partition coefficient (Wildman–Crippen LogP) is 3.42. The molecule has 7 nitrogen and oxygen atoms in total. The number of amides is 2. The van der Waals surface area contributed by atoms with E-state index in [1.54, 1.807) is 47.3 Å². The number of anilines is 2. The van der Waals surface area contributed by atoms with Gasteiger partial charge in [0, 0.05) is 18.4 Å². The summed E-state index contributed by atoms with van der Waals surface area (Å²) in [5.41, 5.74) is 1.50. The van der Waals surface area contributed by atoms with Crippen LogP contribution in [0.1, 0.15) is 27.8 Å². The van der Waals surface area contributed by atoms with Crippen LogP contribution in [0.2, 0.25) is 0 Å². The Bertz CT molecular complexity index is 951. The van der Waals surface area contributed by atoms with Crippen LogP contribution in [0.3, 0.4) is 0 Å². The van der Waals surface area contributed by atoms with Crippen LogP contribution < -0.4 is 15.4 Å². The van der Waals surface area contributed by atoms with E-state index in [-0.39, 0.29) is 11.6 Å². The minimum absolute atomic E-state index is 0.143. The number of nitrogens with zero attached hydrogens (tertiary/aromatic N) is 2. The van der Waals surface area contributed by atoms with Crippen molar-refractivity contribution in [2.45, 2.75) is 13.5 Å². The minimum Gasteiger partial charge on any atom is -0.496 e. The molecule has 0 aliphatic carbocycles. The van der Waals surface area contributed by atoms with Crippen LogP contribution in [-0.4, -0.2) is 28.7 Å². The Balaban J connectivity index is 1.86. The van der Waals surface area contributed by atoms with Crippen molar-refractivity contribution in [1.29, 1.82) is 0 Å². The molecule has 0 aliphatic heterocycles. The summed E-state index contributed by atoms with van der Waals surface area (Å²) in [6.07, 6.45) is 1.63. The number of hydrogen-bond acceptors (Lipinski definition) is 4. The normalized spacial score (nSPS) is 10.3. The summed E-state index contributed by atoms with van der Waals surface area (Å²) in [5, 5.41) is 9.81. The molecule has 2 N–H and O–H groups in total. The van der Waals surface area contributed by atoms with Gasteiger partial charge in [-0.15, -0.1) is 0 Å². The summed E-state index contributed by atoms with van der Waals surface area (Å²) in [6.45, 7) is 2.47. The number of aryl methyl sites for hydroxylation is 1.